The van der Waals surface area contributed by atoms with E-state index in [9.17, 15) is 0 Å². The van der Waals surface area contributed by atoms with Crippen LogP contribution in [0.3, 0.4) is 0 Å². The van der Waals surface area contributed by atoms with Crippen molar-refractivity contribution < 1.29 is 0 Å². The van der Waals surface area contributed by atoms with E-state index in [1.54, 1.807) is 30.3 Å². The number of hydrogen-bond donors (Lipinski definition) is 0. The molecule has 6 heteroatoms. The van der Waals surface area contributed by atoms with Crippen molar-refractivity contribution >= 4 is 64.2 Å². The van der Waals surface area contributed by atoms with Crippen LogP contribution >= 0.6 is 58.9 Å². The average Bonchev–Trinajstić information content (AvgIpc) is 1.85. The van der Waals surface area contributed by atoms with E-state index >= 15 is 0 Å². The minimum absolute atomic E-state index is 0.329. The standard InChI is InChI=1S/C6H5Cl5P/c7-12(8,9,10,11)6-4-2-1-3-5-6/h1-5H/q-1. The van der Waals surface area contributed by atoms with Gasteiger partial charge < -0.3 is 0 Å². The predicted molar refractivity (Wildman–Crippen MR) is 62.3 cm³/mol. The van der Waals surface area contributed by atoms with Crippen molar-refractivity contribution in [3.05, 3.63) is 30.3 Å². The Hall–Kier alpha value is 1.10. The van der Waals surface area contributed by atoms with E-state index in [0.717, 1.165) is 0 Å². The first kappa shape index (κ1) is 11.2. The van der Waals surface area contributed by atoms with E-state index < -0.39 is 2.71 Å². The van der Waals surface area contributed by atoms with Gasteiger partial charge in [0.2, 0.25) is 0 Å². The van der Waals surface area contributed by atoms with Crippen LogP contribution in [0.1, 0.15) is 0 Å². The van der Waals surface area contributed by atoms with Crippen molar-refractivity contribution in [3.8, 4) is 0 Å². The third-order valence-corrected chi connectivity index (χ3v) is 5.45. The Labute approximate surface area is 94.2 Å². The average molecular weight is 285 g/mol. The summed E-state index contributed by atoms with van der Waals surface area (Å²) in [6, 6.07) is 8.37. The molecule has 0 radical (unpaired) electrons. The Kier molecular flexibility index (Phi) is 2.39. The second kappa shape index (κ2) is 2.57. The van der Waals surface area contributed by atoms with E-state index in [-0.39, 0.29) is 0 Å². The van der Waals surface area contributed by atoms with Crippen LogP contribution in [0.25, 0.3) is 0 Å². The molecule has 0 aliphatic rings. The van der Waals surface area contributed by atoms with Crippen LogP contribution in [0.2, 0.25) is 0 Å². The molecule has 0 bridgehead atoms. The molecule has 0 spiro atoms. The molecule has 0 unspecified atom stereocenters. The summed E-state index contributed by atoms with van der Waals surface area (Å²) in [5.41, 5.74) is 0. The van der Waals surface area contributed by atoms with Gasteiger partial charge in [-0.25, -0.2) is 0 Å². The molecule has 0 heterocycles. The van der Waals surface area contributed by atoms with E-state index in [0.29, 0.717) is 5.30 Å². The molecule has 70 valence electrons. The van der Waals surface area contributed by atoms with Crippen molar-refractivity contribution in [3.63, 3.8) is 0 Å². The molecule has 0 saturated heterocycles. The summed E-state index contributed by atoms with van der Waals surface area (Å²) in [7, 11) is 0. The summed E-state index contributed by atoms with van der Waals surface area (Å²) in [6.07, 6.45) is 0. The van der Waals surface area contributed by atoms with Gasteiger partial charge in [-0.15, -0.1) is 0 Å². The number of hydrogen-bond acceptors (Lipinski definition) is 0. The molecule has 0 aliphatic carbocycles. The minimum atomic E-state index is -4.78. The summed E-state index contributed by atoms with van der Waals surface area (Å²) < 4.78 is -4.78. The van der Waals surface area contributed by atoms with Gasteiger partial charge in [0.1, 0.15) is 0 Å². The zero-order chi connectivity index (χ0) is 9.52. The quantitative estimate of drug-likeness (QED) is 0.624. The molecule has 0 atom stereocenters. The van der Waals surface area contributed by atoms with Crippen LogP contribution in [0.5, 0.6) is 0 Å². The van der Waals surface area contributed by atoms with Crippen molar-refractivity contribution in [2.24, 2.45) is 0 Å². The van der Waals surface area contributed by atoms with Gasteiger partial charge in [0, 0.05) is 0 Å². The first-order valence-electron chi connectivity index (χ1n) is 2.98. The number of halogens is 5. The topological polar surface area (TPSA) is 0 Å². The summed E-state index contributed by atoms with van der Waals surface area (Å²) in [4.78, 5) is 0. The van der Waals surface area contributed by atoms with Gasteiger partial charge >= 0.3 is 94.5 Å². The van der Waals surface area contributed by atoms with Crippen LogP contribution < -0.4 is 5.30 Å². The molecule has 0 N–H and O–H groups in total. The third kappa shape index (κ3) is 3.10. The second-order valence-electron chi connectivity index (χ2n) is 2.40. The fourth-order valence-electron chi connectivity index (χ4n) is 0.710. The first-order valence-corrected chi connectivity index (χ1v) is 10.2. The van der Waals surface area contributed by atoms with Gasteiger partial charge in [0.25, 0.3) is 0 Å². The molecule has 0 fully saturated rings. The van der Waals surface area contributed by atoms with E-state index in [2.05, 4.69) is 0 Å². The fraction of sp³-hybridized carbons (Fsp3) is 0. The molecule has 0 aromatic heterocycles. The van der Waals surface area contributed by atoms with Crippen LogP contribution in [-0.4, -0.2) is 0 Å². The Morgan fingerprint density at radius 3 is 1.42 bits per heavy atom. The molecular formula is C6H5Cl5P-. The van der Waals surface area contributed by atoms with E-state index in [1.807, 2.05) is 0 Å². The third-order valence-electron chi connectivity index (χ3n) is 1.24. The molecule has 0 saturated carbocycles. The molecule has 1 aromatic carbocycles. The Bertz CT molecular complexity index is 285. The van der Waals surface area contributed by atoms with Crippen molar-refractivity contribution in [1.29, 1.82) is 0 Å². The van der Waals surface area contributed by atoms with Crippen LogP contribution in [0, 0.1) is 0 Å². The van der Waals surface area contributed by atoms with Gasteiger partial charge in [0.15, 0.2) is 0 Å². The molecule has 1 aromatic rings. The molecule has 0 aliphatic heterocycles. The van der Waals surface area contributed by atoms with Gasteiger partial charge in [-0.1, -0.05) is 0 Å². The number of rotatable bonds is 1. The maximum atomic E-state index is 5.77. The van der Waals surface area contributed by atoms with Crippen LogP contribution in [0.15, 0.2) is 30.3 Å². The normalized spacial score (nSPS) is 18.1. The van der Waals surface area contributed by atoms with Gasteiger partial charge in [0.05, 0.1) is 0 Å². The van der Waals surface area contributed by atoms with Crippen molar-refractivity contribution in [1.82, 2.24) is 0 Å². The summed E-state index contributed by atoms with van der Waals surface area (Å²) >= 11 is 28.8. The van der Waals surface area contributed by atoms with E-state index in [1.165, 1.54) is 0 Å². The van der Waals surface area contributed by atoms with E-state index in [4.69, 9.17) is 56.2 Å². The summed E-state index contributed by atoms with van der Waals surface area (Å²) in [5.74, 6) is 0. The molecule has 1 rings (SSSR count). The van der Waals surface area contributed by atoms with Crippen molar-refractivity contribution in [2.45, 2.75) is 0 Å². The van der Waals surface area contributed by atoms with Gasteiger partial charge in [-0.3, -0.25) is 0 Å². The molecular weight excluding hydrogens is 280 g/mol. The molecule has 0 nitrogen and oxygen atoms in total. The van der Waals surface area contributed by atoms with Crippen molar-refractivity contribution in [2.75, 3.05) is 0 Å². The summed E-state index contributed by atoms with van der Waals surface area (Å²) in [6.45, 7) is 0. The Morgan fingerprint density at radius 1 is 0.750 bits per heavy atom. The van der Waals surface area contributed by atoms with Crippen LogP contribution in [-0.2, 0) is 0 Å². The first-order chi connectivity index (χ1) is 5.09. The maximum absolute atomic E-state index is 5.77. The second-order valence-corrected chi connectivity index (χ2v) is 22.9. The summed E-state index contributed by atoms with van der Waals surface area (Å²) in [5, 5.41) is 0.329. The van der Waals surface area contributed by atoms with Gasteiger partial charge in [-0.2, -0.15) is 0 Å². The van der Waals surface area contributed by atoms with Crippen LogP contribution in [0.4, 0.5) is 0 Å². The zero-order valence-corrected chi connectivity index (χ0v) is 10.4. The Morgan fingerprint density at radius 2 is 1.17 bits per heavy atom. The molecule has 0 amide bonds. The fourth-order valence-corrected chi connectivity index (χ4v) is 3.14. The van der Waals surface area contributed by atoms with Gasteiger partial charge in [-0.05, 0) is 0 Å². The SMILES string of the molecule is Cl[P-](Cl)(Cl)(Cl)(Cl)c1ccccc1. The zero-order valence-electron chi connectivity index (χ0n) is 5.72. The predicted octanol–water partition coefficient (Wildman–Crippen LogP) is 5.17. The monoisotopic (exact) mass is 283 g/mol. The molecule has 12 heavy (non-hydrogen) atoms. The number of benzene rings is 1. The Balaban J connectivity index is 3.36.